The number of benzene rings is 2. The molecule has 5 heteroatoms. The molecule has 3 aromatic rings. The average Bonchev–Trinajstić information content (AvgIpc) is 3.18. The van der Waals surface area contributed by atoms with Gasteiger partial charge in [0.1, 0.15) is 22.8 Å². The third-order valence-electron chi connectivity index (χ3n) is 6.25. The number of hydrogen-bond acceptors (Lipinski definition) is 4. The van der Waals surface area contributed by atoms with Crippen LogP contribution >= 0.6 is 0 Å². The predicted octanol–water partition coefficient (Wildman–Crippen LogP) is 5.40. The van der Waals surface area contributed by atoms with Crippen LogP contribution < -0.4 is 14.8 Å². The van der Waals surface area contributed by atoms with Crippen molar-refractivity contribution in [3.05, 3.63) is 64.4 Å². The van der Waals surface area contributed by atoms with Gasteiger partial charge in [-0.15, -0.1) is 0 Å². The van der Waals surface area contributed by atoms with Gasteiger partial charge >= 0.3 is 0 Å². The number of allylic oxidation sites excluding steroid dienone is 1. The van der Waals surface area contributed by atoms with Crippen LogP contribution in [0.4, 0.5) is 0 Å². The van der Waals surface area contributed by atoms with E-state index in [1.54, 1.807) is 20.3 Å². The van der Waals surface area contributed by atoms with Gasteiger partial charge < -0.3 is 19.2 Å². The van der Waals surface area contributed by atoms with Crippen LogP contribution in [0.5, 0.6) is 11.5 Å². The van der Waals surface area contributed by atoms with E-state index in [1.165, 1.54) is 18.4 Å². The molecule has 4 rings (SSSR count). The topological polar surface area (TPSA) is 60.7 Å². The van der Waals surface area contributed by atoms with Crippen LogP contribution in [0.1, 0.15) is 47.8 Å². The van der Waals surface area contributed by atoms with Crippen molar-refractivity contribution in [3.8, 4) is 11.5 Å². The van der Waals surface area contributed by atoms with Crippen molar-refractivity contribution in [2.24, 2.45) is 0 Å². The molecule has 1 amide bonds. The summed E-state index contributed by atoms with van der Waals surface area (Å²) >= 11 is 0. The van der Waals surface area contributed by atoms with E-state index in [9.17, 15) is 4.79 Å². The quantitative estimate of drug-likeness (QED) is 0.507. The Morgan fingerprint density at radius 1 is 1.16 bits per heavy atom. The van der Waals surface area contributed by atoms with Crippen molar-refractivity contribution < 1.29 is 18.7 Å². The van der Waals surface area contributed by atoms with E-state index >= 15 is 0 Å². The van der Waals surface area contributed by atoms with E-state index in [0.717, 1.165) is 69.8 Å². The normalized spacial score (nSPS) is 13.7. The second-order valence-corrected chi connectivity index (χ2v) is 8.39. The maximum Gasteiger partial charge on any atom is 0.244 e. The highest BCUT2D eigenvalue weighted by molar-refractivity contribution is 5.98. The number of furan rings is 1. The van der Waals surface area contributed by atoms with E-state index in [2.05, 4.69) is 11.4 Å². The summed E-state index contributed by atoms with van der Waals surface area (Å²) in [6.45, 7) is 4.54. The highest BCUT2D eigenvalue weighted by Crippen LogP contribution is 2.40. The summed E-state index contributed by atoms with van der Waals surface area (Å²) < 4.78 is 17.2. The Balaban J connectivity index is 1.54. The molecule has 1 N–H and O–H groups in total. The Morgan fingerprint density at radius 2 is 1.97 bits per heavy atom. The first kappa shape index (κ1) is 22.0. The summed E-state index contributed by atoms with van der Waals surface area (Å²) in [5.41, 5.74) is 6.14. The molecule has 5 nitrogen and oxygen atoms in total. The maximum absolute atomic E-state index is 12.6. The summed E-state index contributed by atoms with van der Waals surface area (Å²) in [6.07, 6.45) is 6.79. The van der Waals surface area contributed by atoms with Gasteiger partial charge in [-0.3, -0.25) is 4.79 Å². The Morgan fingerprint density at radius 3 is 2.75 bits per heavy atom. The summed E-state index contributed by atoms with van der Waals surface area (Å²) in [7, 11) is 3.32. The molecule has 0 radical (unpaired) electrons. The fourth-order valence-electron chi connectivity index (χ4n) is 4.58. The molecule has 0 aliphatic heterocycles. The minimum absolute atomic E-state index is 0.112. The van der Waals surface area contributed by atoms with Gasteiger partial charge in [-0.2, -0.15) is 0 Å². The van der Waals surface area contributed by atoms with Crippen molar-refractivity contribution in [2.45, 2.75) is 46.0 Å². The number of ether oxygens (including phenoxy) is 2. The van der Waals surface area contributed by atoms with E-state index < -0.39 is 0 Å². The van der Waals surface area contributed by atoms with E-state index in [0.29, 0.717) is 6.54 Å². The SMILES string of the molecule is COc1cccc(CCNC(=O)/C=C(\C)c2cc3c4c(oc3c(C)c2OC)CCCC4)c1. The fourth-order valence-corrected chi connectivity index (χ4v) is 4.58. The third-order valence-corrected chi connectivity index (χ3v) is 6.25. The summed E-state index contributed by atoms with van der Waals surface area (Å²) in [4.78, 5) is 12.6. The number of methoxy groups -OCH3 is 2. The predicted molar refractivity (Wildman–Crippen MR) is 128 cm³/mol. The molecule has 2 aromatic carbocycles. The lowest BCUT2D eigenvalue weighted by molar-refractivity contribution is -0.116. The van der Waals surface area contributed by atoms with Crippen LogP contribution in [0.2, 0.25) is 0 Å². The molecule has 0 fully saturated rings. The zero-order valence-corrected chi connectivity index (χ0v) is 19.3. The lowest BCUT2D eigenvalue weighted by atomic mass is 9.93. The molecular formula is C27H31NO4. The minimum Gasteiger partial charge on any atom is -0.497 e. The number of nitrogens with one attached hydrogen (secondary N) is 1. The van der Waals surface area contributed by atoms with Crippen LogP contribution in [-0.2, 0) is 24.1 Å². The molecule has 1 heterocycles. The van der Waals surface area contributed by atoms with Gasteiger partial charge in [-0.1, -0.05) is 12.1 Å². The largest absolute Gasteiger partial charge is 0.497 e. The minimum atomic E-state index is -0.112. The van der Waals surface area contributed by atoms with Crippen LogP contribution in [-0.4, -0.2) is 26.7 Å². The summed E-state index contributed by atoms with van der Waals surface area (Å²) in [5.74, 6) is 2.58. The van der Waals surface area contributed by atoms with Crippen LogP contribution in [0.3, 0.4) is 0 Å². The molecule has 0 unspecified atom stereocenters. The van der Waals surface area contributed by atoms with E-state index in [-0.39, 0.29) is 5.91 Å². The number of fused-ring (bicyclic) bond motifs is 3. The molecule has 32 heavy (non-hydrogen) atoms. The molecule has 0 saturated heterocycles. The lowest BCUT2D eigenvalue weighted by Gasteiger charge is -2.13. The highest BCUT2D eigenvalue weighted by Gasteiger charge is 2.23. The van der Waals surface area contributed by atoms with Crippen LogP contribution in [0.15, 0.2) is 40.8 Å². The van der Waals surface area contributed by atoms with E-state index in [1.807, 2.05) is 38.1 Å². The molecular weight excluding hydrogens is 402 g/mol. The summed E-state index contributed by atoms with van der Waals surface area (Å²) in [5, 5.41) is 4.14. The second kappa shape index (κ2) is 9.51. The van der Waals surface area contributed by atoms with E-state index in [4.69, 9.17) is 13.9 Å². The maximum atomic E-state index is 12.6. The molecule has 0 saturated carbocycles. The molecule has 0 spiro atoms. The third kappa shape index (κ3) is 4.38. The first-order chi connectivity index (χ1) is 15.5. The first-order valence-corrected chi connectivity index (χ1v) is 11.2. The van der Waals surface area contributed by atoms with Crippen molar-refractivity contribution in [1.29, 1.82) is 0 Å². The lowest BCUT2D eigenvalue weighted by Crippen LogP contribution is -2.23. The van der Waals surface area contributed by atoms with Gasteiger partial charge in [0.05, 0.1) is 14.2 Å². The van der Waals surface area contributed by atoms with Crippen LogP contribution in [0, 0.1) is 6.92 Å². The van der Waals surface area contributed by atoms with Gasteiger partial charge in [0.15, 0.2) is 0 Å². The van der Waals surface area contributed by atoms with Gasteiger partial charge in [0.2, 0.25) is 5.91 Å². The number of rotatable bonds is 7. The standard InChI is InChI=1S/C27H31NO4/c1-17(14-25(29)28-13-12-19-8-7-9-20(15-19)30-3)22-16-23-21-10-5-6-11-24(21)32-27(23)18(2)26(22)31-4/h7-9,14-16H,5-6,10-13H2,1-4H3,(H,28,29)/b17-14+. The average molecular weight is 434 g/mol. The first-order valence-electron chi connectivity index (χ1n) is 11.2. The van der Waals surface area contributed by atoms with Crippen molar-refractivity contribution in [3.63, 3.8) is 0 Å². The molecule has 168 valence electrons. The van der Waals surface area contributed by atoms with Crippen molar-refractivity contribution >= 4 is 22.4 Å². The zero-order chi connectivity index (χ0) is 22.7. The molecule has 1 aromatic heterocycles. The summed E-state index contributed by atoms with van der Waals surface area (Å²) in [6, 6.07) is 10.0. The number of hydrogen-bond donors (Lipinski definition) is 1. The number of amides is 1. The van der Waals surface area contributed by atoms with Gasteiger partial charge in [-0.25, -0.2) is 0 Å². The van der Waals surface area contributed by atoms with Gasteiger partial charge in [-0.05, 0) is 68.9 Å². The number of carbonyl (C=O) groups is 1. The van der Waals surface area contributed by atoms with Crippen LogP contribution in [0.25, 0.3) is 16.5 Å². The molecule has 1 aliphatic carbocycles. The van der Waals surface area contributed by atoms with Gasteiger partial charge in [0.25, 0.3) is 0 Å². The van der Waals surface area contributed by atoms with Crippen molar-refractivity contribution in [2.75, 3.05) is 20.8 Å². The second-order valence-electron chi connectivity index (χ2n) is 8.39. The Hall–Kier alpha value is -3.21. The monoisotopic (exact) mass is 433 g/mol. The number of carbonyl (C=O) groups excluding carboxylic acids is 1. The Bertz CT molecular complexity index is 1170. The van der Waals surface area contributed by atoms with Gasteiger partial charge in [0, 0.05) is 41.1 Å². The fraction of sp³-hybridized carbons (Fsp3) is 0.370. The molecule has 0 bridgehead atoms. The Kier molecular flexibility index (Phi) is 6.54. The smallest absolute Gasteiger partial charge is 0.244 e. The number of aryl methyl sites for hydroxylation is 3. The highest BCUT2D eigenvalue weighted by atomic mass is 16.5. The molecule has 0 atom stereocenters. The van der Waals surface area contributed by atoms with Crippen molar-refractivity contribution in [1.82, 2.24) is 5.32 Å². The Labute approximate surface area is 189 Å². The molecule has 1 aliphatic rings. The zero-order valence-electron chi connectivity index (χ0n) is 19.3.